The van der Waals surface area contributed by atoms with Crippen LogP contribution in [0.25, 0.3) is 0 Å². The second-order valence-corrected chi connectivity index (χ2v) is 8.58. The van der Waals surface area contributed by atoms with Crippen LogP contribution in [0.5, 0.6) is 0 Å². The highest BCUT2D eigenvalue weighted by Gasteiger charge is 2.22. The normalized spacial score (nSPS) is 12.6. The molecule has 31 heavy (non-hydrogen) atoms. The third-order valence-electron chi connectivity index (χ3n) is 4.58. The van der Waals surface area contributed by atoms with Crippen LogP contribution in [-0.2, 0) is 27.8 Å². The smallest absolute Gasteiger partial charge is 0.319 e. The summed E-state index contributed by atoms with van der Waals surface area (Å²) in [5.74, 6) is -0.162. The molecular weight excluding hydrogens is 418 g/mol. The number of carbonyl (C=O) groups is 2. The number of aromatic nitrogens is 1. The standard InChI is InChI=1S/C21H19N5O4S/c27-20-11-15-10-18(7-8-19(15)25-20)31(29,30)26-17-5-3-16(4-6-17)24-21(28)23-13-14-2-1-9-22-12-14/h1-10,12,26H,11,13H2,(H,25,27)(H2,23,24,28). The summed E-state index contributed by atoms with van der Waals surface area (Å²) in [6.45, 7) is 0.333. The van der Waals surface area contributed by atoms with Crippen LogP contribution in [0.1, 0.15) is 11.1 Å². The second-order valence-electron chi connectivity index (χ2n) is 6.90. The van der Waals surface area contributed by atoms with E-state index in [1.807, 2.05) is 6.07 Å². The lowest BCUT2D eigenvalue weighted by atomic mass is 10.2. The van der Waals surface area contributed by atoms with E-state index in [1.54, 1.807) is 48.8 Å². The monoisotopic (exact) mass is 437 g/mol. The van der Waals surface area contributed by atoms with E-state index in [0.29, 0.717) is 29.2 Å². The minimum Gasteiger partial charge on any atom is -0.334 e. The summed E-state index contributed by atoms with van der Waals surface area (Å²) >= 11 is 0. The summed E-state index contributed by atoms with van der Waals surface area (Å²) in [6.07, 6.45) is 3.47. The molecule has 0 bridgehead atoms. The van der Waals surface area contributed by atoms with Gasteiger partial charge in [-0.2, -0.15) is 0 Å². The molecule has 9 nitrogen and oxygen atoms in total. The number of nitrogens with zero attached hydrogens (tertiary/aromatic N) is 1. The molecule has 3 amide bonds. The first-order valence-corrected chi connectivity index (χ1v) is 10.9. The van der Waals surface area contributed by atoms with Gasteiger partial charge in [0.05, 0.1) is 11.3 Å². The van der Waals surface area contributed by atoms with E-state index >= 15 is 0 Å². The molecule has 0 saturated carbocycles. The van der Waals surface area contributed by atoms with Crippen molar-refractivity contribution in [2.24, 2.45) is 0 Å². The number of rotatable bonds is 6. The molecule has 0 atom stereocenters. The topological polar surface area (TPSA) is 129 Å². The Morgan fingerprint density at radius 3 is 2.58 bits per heavy atom. The van der Waals surface area contributed by atoms with Gasteiger partial charge in [0, 0.05) is 36.0 Å². The molecule has 2 heterocycles. The Hall–Kier alpha value is -3.92. The first-order valence-electron chi connectivity index (χ1n) is 9.38. The first kappa shape index (κ1) is 20.4. The Morgan fingerprint density at radius 2 is 1.84 bits per heavy atom. The van der Waals surface area contributed by atoms with Gasteiger partial charge in [0.1, 0.15) is 0 Å². The number of anilines is 3. The molecule has 4 rings (SSSR count). The zero-order valence-corrected chi connectivity index (χ0v) is 17.1. The zero-order valence-electron chi connectivity index (χ0n) is 16.3. The fourth-order valence-electron chi connectivity index (χ4n) is 3.07. The number of urea groups is 1. The molecule has 0 fully saturated rings. The fraction of sp³-hybridized carbons (Fsp3) is 0.0952. The molecule has 1 aromatic heterocycles. The van der Waals surface area contributed by atoms with E-state index in [0.717, 1.165) is 5.56 Å². The molecule has 0 spiro atoms. The molecule has 0 unspecified atom stereocenters. The maximum atomic E-state index is 12.7. The highest BCUT2D eigenvalue weighted by Crippen LogP contribution is 2.27. The number of sulfonamides is 1. The molecule has 1 aliphatic rings. The van der Waals surface area contributed by atoms with Gasteiger partial charge in [-0.25, -0.2) is 13.2 Å². The van der Waals surface area contributed by atoms with Crippen molar-refractivity contribution in [3.63, 3.8) is 0 Å². The lowest BCUT2D eigenvalue weighted by Gasteiger charge is -2.11. The van der Waals surface area contributed by atoms with Crippen LogP contribution >= 0.6 is 0 Å². The van der Waals surface area contributed by atoms with Gasteiger partial charge in [0.2, 0.25) is 5.91 Å². The SMILES string of the molecule is O=C1Cc2cc(S(=O)(=O)Nc3ccc(NC(=O)NCc4cccnc4)cc3)ccc2N1. The number of nitrogens with one attached hydrogen (secondary N) is 4. The number of pyridine rings is 1. The number of hydrogen-bond donors (Lipinski definition) is 4. The average Bonchev–Trinajstić information content (AvgIpc) is 3.13. The summed E-state index contributed by atoms with van der Waals surface area (Å²) in [4.78, 5) is 27.5. The van der Waals surface area contributed by atoms with Crippen molar-refractivity contribution in [3.05, 3.63) is 78.1 Å². The molecule has 1 aliphatic heterocycles. The molecule has 158 valence electrons. The van der Waals surface area contributed by atoms with E-state index in [9.17, 15) is 18.0 Å². The Morgan fingerprint density at radius 1 is 1.06 bits per heavy atom. The van der Waals surface area contributed by atoms with Crippen molar-refractivity contribution in [2.45, 2.75) is 17.9 Å². The highest BCUT2D eigenvalue weighted by atomic mass is 32.2. The van der Waals surface area contributed by atoms with Crippen LogP contribution in [0, 0.1) is 0 Å². The summed E-state index contributed by atoms with van der Waals surface area (Å²) in [6, 6.07) is 14.0. The van der Waals surface area contributed by atoms with E-state index in [2.05, 4.69) is 25.7 Å². The van der Waals surface area contributed by atoms with Crippen molar-refractivity contribution in [1.29, 1.82) is 0 Å². The van der Waals surface area contributed by atoms with Crippen molar-refractivity contribution in [2.75, 3.05) is 15.4 Å². The maximum Gasteiger partial charge on any atom is 0.319 e. The van der Waals surface area contributed by atoms with Crippen molar-refractivity contribution in [3.8, 4) is 0 Å². The van der Waals surface area contributed by atoms with Crippen LogP contribution in [0.4, 0.5) is 21.9 Å². The highest BCUT2D eigenvalue weighted by molar-refractivity contribution is 7.92. The van der Waals surface area contributed by atoms with Crippen LogP contribution in [0.3, 0.4) is 0 Å². The molecular formula is C21H19N5O4S. The molecule has 4 N–H and O–H groups in total. The third kappa shape index (κ3) is 4.98. The number of amides is 3. The van der Waals surface area contributed by atoms with Crippen LogP contribution in [-0.4, -0.2) is 25.3 Å². The zero-order chi connectivity index (χ0) is 21.8. The Bertz CT molecular complexity index is 1230. The van der Waals surface area contributed by atoms with Gasteiger partial charge in [-0.3, -0.25) is 14.5 Å². The largest absolute Gasteiger partial charge is 0.334 e. The van der Waals surface area contributed by atoms with Gasteiger partial charge in [-0.1, -0.05) is 6.07 Å². The second kappa shape index (κ2) is 8.44. The van der Waals surface area contributed by atoms with Crippen molar-refractivity contribution >= 4 is 39.0 Å². The van der Waals surface area contributed by atoms with Crippen LogP contribution in [0.15, 0.2) is 71.9 Å². The number of carbonyl (C=O) groups excluding carboxylic acids is 2. The van der Waals surface area contributed by atoms with Crippen molar-refractivity contribution < 1.29 is 18.0 Å². The fourth-order valence-corrected chi connectivity index (χ4v) is 4.18. The Kier molecular flexibility index (Phi) is 5.54. The molecule has 0 saturated heterocycles. The third-order valence-corrected chi connectivity index (χ3v) is 5.96. The quantitative estimate of drug-likeness (QED) is 0.471. The number of benzene rings is 2. The van der Waals surface area contributed by atoms with E-state index < -0.39 is 16.1 Å². The first-order chi connectivity index (χ1) is 14.9. The van der Waals surface area contributed by atoms with E-state index in [4.69, 9.17) is 0 Å². The van der Waals surface area contributed by atoms with Crippen LogP contribution in [0.2, 0.25) is 0 Å². The van der Waals surface area contributed by atoms with Crippen LogP contribution < -0.4 is 20.7 Å². The Balaban J connectivity index is 1.36. The predicted octanol–water partition coefficient (Wildman–Crippen LogP) is 2.70. The van der Waals surface area contributed by atoms with E-state index in [-0.39, 0.29) is 17.2 Å². The van der Waals surface area contributed by atoms with Gasteiger partial charge in [-0.05, 0) is 59.7 Å². The summed E-state index contributed by atoms with van der Waals surface area (Å²) in [5.41, 5.74) is 2.99. The molecule has 0 radical (unpaired) electrons. The molecule has 10 heteroatoms. The van der Waals surface area contributed by atoms with Gasteiger partial charge in [0.25, 0.3) is 10.0 Å². The lowest BCUT2D eigenvalue weighted by Crippen LogP contribution is -2.28. The van der Waals surface area contributed by atoms with Crippen molar-refractivity contribution in [1.82, 2.24) is 10.3 Å². The summed E-state index contributed by atoms with van der Waals surface area (Å²) in [5, 5.41) is 8.06. The van der Waals surface area contributed by atoms with E-state index in [1.165, 1.54) is 12.1 Å². The molecule has 0 aliphatic carbocycles. The maximum absolute atomic E-state index is 12.7. The number of fused-ring (bicyclic) bond motifs is 1. The minimum atomic E-state index is -3.82. The molecule has 2 aromatic carbocycles. The van der Waals surface area contributed by atoms with Gasteiger partial charge in [-0.15, -0.1) is 0 Å². The average molecular weight is 437 g/mol. The Labute approximate surface area is 179 Å². The van der Waals surface area contributed by atoms with Gasteiger partial charge >= 0.3 is 6.03 Å². The summed E-state index contributed by atoms with van der Waals surface area (Å²) in [7, 11) is -3.82. The van der Waals surface area contributed by atoms with Gasteiger partial charge < -0.3 is 16.0 Å². The summed E-state index contributed by atoms with van der Waals surface area (Å²) < 4.78 is 27.8. The molecule has 3 aromatic rings. The predicted molar refractivity (Wildman–Crippen MR) is 116 cm³/mol. The minimum absolute atomic E-state index is 0.0692. The van der Waals surface area contributed by atoms with Gasteiger partial charge in [0.15, 0.2) is 0 Å². The lowest BCUT2D eigenvalue weighted by molar-refractivity contribution is -0.115. The number of hydrogen-bond acceptors (Lipinski definition) is 5.